The molecular weight excluding hydrogens is 657 g/mol. The van der Waals surface area contributed by atoms with Gasteiger partial charge in [0, 0.05) is 50.0 Å². The summed E-state index contributed by atoms with van der Waals surface area (Å²) in [5.74, 6) is 0. The minimum atomic E-state index is -2.90. The van der Waals surface area contributed by atoms with E-state index in [4.69, 9.17) is 26.6 Å². The van der Waals surface area contributed by atoms with E-state index in [9.17, 15) is 0 Å². The molecule has 0 aliphatic heterocycles. The topological polar surface area (TPSA) is 55.4 Å². The van der Waals surface area contributed by atoms with Crippen LogP contribution in [0.4, 0.5) is 0 Å². The molecule has 0 heterocycles. The van der Waals surface area contributed by atoms with E-state index < -0.39 is 17.6 Å². The second kappa shape index (κ2) is 20.2. The Bertz CT molecular complexity index is 1490. The zero-order chi connectivity index (χ0) is 35.7. The van der Waals surface area contributed by atoms with Crippen LogP contribution in [0.2, 0.25) is 0 Å². The first-order valence-corrected chi connectivity index (χ1v) is 21.2. The second-order valence-corrected chi connectivity index (χ2v) is 16.4. The van der Waals surface area contributed by atoms with Gasteiger partial charge >= 0.3 is 17.6 Å². The largest absolute Gasteiger partial charge is 0.537 e. The average molecular weight is 709 g/mol. The molecule has 6 nitrogen and oxygen atoms in total. The quantitative estimate of drug-likeness (QED) is 0.0677. The van der Waals surface area contributed by atoms with E-state index in [-0.39, 0.29) is 0 Å². The maximum absolute atomic E-state index is 6.04. The molecular formula is C42H52O6Si2. The Kier molecular flexibility index (Phi) is 15.8. The van der Waals surface area contributed by atoms with Crippen LogP contribution in [0.15, 0.2) is 97.1 Å². The fourth-order valence-corrected chi connectivity index (χ4v) is 10.4. The van der Waals surface area contributed by atoms with E-state index in [0.717, 1.165) is 43.8 Å². The average Bonchev–Trinajstić information content (AvgIpc) is 3.14. The fraction of sp³-hybridized carbons (Fsp3) is 0.286. The molecule has 4 aromatic rings. The van der Waals surface area contributed by atoms with E-state index in [1.165, 1.54) is 0 Å². The van der Waals surface area contributed by atoms with Crippen LogP contribution in [-0.4, -0.2) is 57.3 Å². The maximum atomic E-state index is 6.04. The lowest BCUT2D eigenvalue weighted by Crippen LogP contribution is -2.56. The molecule has 0 saturated carbocycles. The monoisotopic (exact) mass is 708 g/mol. The van der Waals surface area contributed by atoms with Crippen LogP contribution in [-0.2, 0) is 26.6 Å². The van der Waals surface area contributed by atoms with Gasteiger partial charge in [-0.25, -0.2) is 0 Å². The summed E-state index contributed by atoms with van der Waals surface area (Å²) in [4.78, 5) is 0. The third-order valence-corrected chi connectivity index (χ3v) is 13.9. The Hall–Kier alpha value is -3.71. The molecule has 0 aromatic heterocycles. The molecule has 0 N–H and O–H groups in total. The third kappa shape index (κ3) is 10.9. The molecule has 4 aromatic carbocycles. The highest BCUT2D eigenvalue weighted by Crippen LogP contribution is 2.17. The normalized spacial score (nSPS) is 12.5. The van der Waals surface area contributed by atoms with Crippen LogP contribution < -0.4 is 10.4 Å². The zero-order valence-corrected chi connectivity index (χ0v) is 32.4. The molecule has 0 spiro atoms. The van der Waals surface area contributed by atoms with Crippen molar-refractivity contribution in [1.82, 2.24) is 0 Å². The predicted octanol–water partition coefficient (Wildman–Crippen LogP) is 8.71. The Morgan fingerprint density at radius 3 is 0.620 bits per heavy atom. The van der Waals surface area contributed by atoms with Gasteiger partial charge in [0.2, 0.25) is 0 Å². The van der Waals surface area contributed by atoms with Crippen LogP contribution in [0.25, 0.3) is 36.5 Å². The number of hydrogen-bond donors (Lipinski definition) is 0. The lowest BCUT2D eigenvalue weighted by atomic mass is 10.1. The summed E-state index contributed by atoms with van der Waals surface area (Å²) in [7, 11) is -5.79. The van der Waals surface area contributed by atoms with Crippen molar-refractivity contribution in [2.75, 3.05) is 39.6 Å². The van der Waals surface area contributed by atoms with Crippen LogP contribution in [0.3, 0.4) is 0 Å². The Morgan fingerprint density at radius 1 is 0.300 bits per heavy atom. The van der Waals surface area contributed by atoms with Crippen molar-refractivity contribution >= 4 is 64.4 Å². The highest BCUT2D eigenvalue weighted by atomic mass is 28.4. The summed E-state index contributed by atoms with van der Waals surface area (Å²) >= 11 is 0. The van der Waals surface area contributed by atoms with Gasteiger partial charge in [0.25, 0.3) is 0 Å². The number of hydrogen-bond acceptors (Lipinski definition) is 6. The molecule has 0 aliphatic carbocycles. The van der Waals surface area contributed by atoms with Crippen molar-refractivity contribution in [3.63, 3.8) is 0 Å². The van der Waals surface area contributed by atoms with Gasteiger partial charge < -0.3 is 26.6 Å². The van der Waals surface area contributed by atoms with Crippen LogP contribution in [0, 0.1) is 0 Å². The summed E-state index contributed by atoms with van der Waals surface area (Å²) in [5.41, 5.74) is 6.77. The van der Waals surface area contributed by atoms with Crippen molar-refractivity contribution in [1.29, 1.82) is 0 Å². The minimum Gasteiger partial charge on any atom is -0.370 e. The second-order valence-electron chi connectivity index (χ2n) is 11.3. The van der Waals surface area contributed by atoms with Crippen LogP contribution >= 0.6 is 0 Å². The van der Waals surface area contributed by atoms with Gasteiger partial charge in [0.05, 0.1) is 0 Å². The van der Waals surface area contributed by atoms with E-state index in [2.05, 4.69) is 134 Å². The predicted molar refractivity (Wildman–Crippen MR) is 213 cm³/mol. The summed E-state index contributed by atoms with van der Waals surface area (Å²) in [5, 5.41) is 1.97. The van der Waals surface area contributed by atoms with E-state index >= 15 is 0 Å². The summed E-state index contributed by atoms with van der Waals surface area (Å²) in [6, 6.07) is 33.7. The van der Waals surface area contributed by atoms with Gasteiger partial charge in [-0.2, -0.15) is 0 Å². The molecule has 0 radical (unpaired) electrons. The molecule has 50 heavy (non-hydrogen) atoms. The molecule has 0 amide bonds. The molecule has 4 rings (SSSR count). The summed E-state index contributed by atoms with van der Waals surface area (Å²) < 4.78 is 36.3. The summed E-state index contributed by atoms with van der Waals surface area (Å²) in [6.45, 7) is 15.1. The van der Waals surface area contributed by atoms with Gasteiger partial charge in [0.15, 0.2) is 0 Å². The Labute approximate surface area is 301 Å². The molecule has 8 heteroatoms. The summed E-state index contributed by atoms with van der Waals surface area (Å²) in [6.07, 6.45) is 12.8. The molecule has 0 bridgehead atoms. The number of rotatable bonds is 20. The molecule has 0 aliphatic rings. The van der Waals surface area contributed by atoms with E-state index in [1.54, 1.807) is 0 Å². The molecule has 0 unspecified atom stereocenters. The van der Waals surface area contributed by atoms with Crippen molar-refractivity contribution < 1.29 is 26.6 Å². The fourth-order valence-electron chi connectivity index (χ4n) is 5.50. The van der Waals surface area contributed by atoms with Crippen molar-refractivity contribution in [3.05, 3.63) is 130 Å². The molecule has 0 fully saturated rings. The van der Waals surface area contributed by atoms with Crippen molar-refractivity contribution in [2.24, 2.45) is 0 Å². The zero-order valence-electron chi connectivity index (χ0n) is 30.4. The minimum absolute atomic E-state index is 0.545. The number of benzene rings is 4. The Morgan fingerprint density at radius 2 is 0.460 bits per heavy atom. The first-order valence-electron chi connectivity index (χ1n) is 17.7. The van der Waals surface area contributed by atoms with Crippen molar-refractivity contribution in [3.8, 4) is 0 Å². The molecule has 264 valence electrons. The van der Waals surface area contributed by atoms with Crippen LogP contribution in [0.5, 0.6) is 0 Å². The first-order chi connectivity index (χ1) is 24.4. The van der Waals surface area contributed by atoms with Crippen LogP contribution in [0.1, 0.15) is 74.9 Å². The third-order valence-electron chi connectivity index (χ3n) is 7.81. The first kappa shape index (κ1) is 39.1. The van der Waals surface area contributed by atoms with Gasteiger partial charge in [0.1, 0.15) is 0 Å². The van der Waals surface area contributed by atoms with E-state index in [1.807, 2.05) is 41.5 Å². The van der Waals surface area contributed by atoms with Gasteiger partial charge in [-0.05, 0) is 74.9 Å². The van der Waals surface area contributed by atoms with E-state index in [0.29, 0.717) is 39.6 Å². The standard InChI is InChI=1S/C42H52O6Si2/c1-7-43-49(44-8-2,45-9-3)41-31-27-39(28-32-41)25-23-37-19-15-35(16-20-37)13-14-36-17-21-38(22-18-36)24-26-40-29-33-42(34-30-40)50(46-10-4,47-11-5)48-12-6/h13-34H,7-12H2,1-6H3/b14-13+,25-23+,26-24+. The SMILES string of the molecule is CCO[Si](OCC)(OCC)c1ccc(/C=C/c2ccc(/C=C/c3ccc(/C=C/c4ccc([Si](OCC)(OCC)OCC)cc4)cc3)cc2)cc1. The van der Waals surface area contributed by atoms with Gasteiger partial charge in [-0.1, -0.05) is 134 Å². The molecule has 0 saturated heterocycles. The van der Waals surface area contributed by atoms with Crippen molar-refractivity contribution in [2.45, 2.75) is 41.5 Å². The smallest absolute Gasteiger partial charge is 0.370 e. The maximum Gasteiger partial charge on any atom is 0.537 e. The lowest BCUT2D eigenvalue weighted by Gasteiger charge is -2.28. The highest BCUT2D eigenvalue weighted by molar-refractivity contribution is 6.75. The highest BCUT2D eigenvalue weighted by Gasteiger charge is 2.44. The lowest BCUT2D eigenvalue weighted by molar-refractivity contribution is 0.0851. The molecule has 0 atom stereocenters. The van der Waals surface area contributed by atoms with Gasteiger partial charge in [-0.15, -0.1) is 0 Å². The van der Waals surface area contributed by atoms with Gasteiger partial charge in [-0.3, -0.25) is 0 Å². The Balaban J connectivity index is 1.33.